The standard InChI is InChI=1S/2C13H14S2.2Fe/c2*1-2-7-12(6-1)14-10-5-11-15-13-8-3-4-9-13;;/h2*1-4,6-9H,5,10-11H2;;/q2*-2;2*+2. The van der Waals surface area contributed by atoms with Gasteiger partial charge in [-0.05, 0) is 35.9 Å². The van der Waals surface area contributed by atoms with Crippen LogP contribution in [0.15, 0.2) is 117 Å². The van der Waals surface area contributed by atoms with Crippen molar-refractivity contribution in [2.75, 3.05) is 23.0 Å². The minimum Gasteiger partial charge on any atom is -0.213 e. The summed E-state index contributed by atoms with van der Waals surface area (Å²) in [7, 11) is 0. The molecule has 0 amide bonds. The summed E-state index contributed by atoms with van der Waals surface area (Å²) in [4.78, 5) is 5.59. The van der Waals surface area contributed by atoms with Crippen LogP contribution in [-0.2, 0) is 34.1 Å². The average molecular weight is 580 g/mol. The van der Waals surface area contributed by atoms with Crippen molar-refractivity contribution < 1.29 is 34.1 Å². The molecule has 4 aromatic rings. The number of hydrogen-bond donors (Lipinski definition) is 0. The maximum absolute atomic E-state index is 2.18. The molecule has 0 fully saturated rings. The SMILES string of the molecule is [Fe+2].[Fe+2].c1c[cH-]c(SCCCSc2ccc[cH-]2)c1.c1c[cH-]c(SCCCSc2ccc[cH-]2)c1. The summed E-state index contributed by atoms with van der Waals surface area (Å²) in [5.74, 6) is 4.88. The molecule has 0 N–H and O–H groups in total. The molecule has 0 saturated carbocycles. The van der Waals surface area contributed by atoms with E-state index in [0.717, 1.165) is 0 Å². The largest absolute Gasteiger partial charge is 2.00 e. The molecule has 4 aromatic carbocycles. The van der Waals surface area contributed by atoms with Gasteiger partial charge in [0.15, 0.2) is 0 Å². The van der Waals surface area contributed by atoms with Crippen LogP contribution in [0.3, 0.4) is 0 Å². The number of thioether (sulfide) groups is 4. The third-order valence-corrected chi connectivity index (χ3v) is 8.57. The van der Waals surface area contributed by atoms with Crippen LogP contribution in [0.2, 0.25) is 0 Å². The maximum Gasteiger partial charge on any atom is 2.00 e. The Morgan fingerprint density at radius 2 is 0.688 bits per heavy atom. The Labute approximate surface area is 231 Å². The van der Waals surface area contributed by atoms with Crippen LogP contribution in [0.25, 0.3) is 0 Å². The van der Waals surface area contributed by atoms with E-state index in [-0.39, 0.29) is 34.1 Å². The van der Waals surface area contributed by atoms with Crippen molar-refractivity contribution in [1.82, 2.24) is 0 Å². The third kappa shape index (κ3) is 12.9. The summed E-state index contributed by atoms with van der Waals surface area (Å²) < 4.78 is 0. The second kappa shape index (κ2) is 19.2. The predicted octanol–water partition coefficient (Wildman–Crippen LogP) is 8.79. The molecular weight excluding hydrogens is 552 g/mol. The van der Waals surface area contributed by atoms with E-state index in [1.807, 2.05) is 47.0 Å². The summed E-state index contributed by atoms with van der Waals surface area (Å²) in [5, 5.41) is 0. The van der Waals surface area contributed by atoms with Gasteiger partial charge in [-0.1, -0.05) is 0 Å². The van der Waals surface area contributed by atoms with Gasteiger partial charge in [0, 0.05) is 0 Å². The Hall–Kier alpha value is -0.161. The first-order valence-corrected chi connectivity index (χ1v) is 14.2. The van der Waals surface area contributed by atoms with Crippen molar-refractivity contribution in [3.63, 3.8) is 0 Å². The zero-order chi connectivity index (χ0) is 20.7. The van der Waals surface area contributed by atoms with E-state index in [0.29, 0.717) is 0 Å². The van der Waals surface area contributed by atoms with E-state index < -0.39 is 0 Å². The molecule has 0 aliphatic heterocycles. The molecule has 0 aromatic heterocycles. The molecule has 6 heteroatoms. The van der Waals surface area contributed by atoms with Crippen LogP contribution >= 0.6 is 47.0 Å². The van der Waals surface area contributed by atoms with Crippen molar-refractivity contribution in [3.05, 3.63) is 97.1 Å². The van der Waals surface area contributed by atoms with Crippen LogP contribution in [0.4, 0.5) is 0 Å². The molecule has 0 unspecified atom stereocenters. The molecule has 0 bridgehead atoms. The fourth-order valence-electron chi connectivity index (χ4n) is 2.69. The molecule has 0 atom stereocenters. The Morgan fingerprint density at radius 1 is 0.438 bits per heavy atom. The van der Waals surface area contributed by atoms with E-state index in [1.165, 1.54) is 55.4 Å². The summed E-state index contributed by atoms with van der Waals surface area (Å²) in [6, 6.07) is 34.2. The quantitative estimate of drug-likeness (QED) is 0.0711. The Kier molecular flexibility index (Phi) is 17.9. The molecule has 0 aliphatic rings. The molecule has 0 saturated heterocycles. The van der Waals surface area contributed by atoms with Crippen molar-refractivity contribution in [2.45, 2.75) is 32.4 Å². The minimum atomic E-state index is 0. The molecule has 0 spiro atoms. The predicted molar refractivity (Wildman–Crippen MR) is 140 cm³/mol. The molecule has 172 valence electrons. The van der Waals surface area contributed by atoms with E-state index in [2.05, 4.69) is 97.1 Å². The summed E-state index contributed by atoms with van der Waals surface area (Å²) >= 11 is 7.80. The van der Waals surface area contributed by atoms with Gasteiger partial charge < -0.3 is 0 Å². The fourth-order valence-corrected chi connectivity index (χ4v) is 6.55. The first kappa shape index (κ1) is 29.9. The first-order chi connectivity index (χ1) is 14.9. The van der Waals surface area contributed by atoms with Gasteiger partial charge in [-0.25, -0.2) is 48.5 Å². The second-order valence-electron chi connectivity index (χ2n) is 6.58. The molecule has 0 nitrogen and oxygen atoms in total. The zero-order valence-corrected chi connectivity index (χ0v) is 23.3. The van der Waals surface area contributed by atoms with Gasteiger partial charge >= 0.3 is 34.1 Å². The monoisotopic (exact) mass is 580 g/mol. The van der Waals surface area contributed by atoms with Gasteiger partial charge in [0.05, 0.1) is 0 Å². The van der Waals surface area contributed by atoms with Crippen LogP contribution in [0, 0.1) is 0 Å². The van der Waals surface area contributed by atoms with Gasteiger partial charge in [0.2, 0.25) is 0 Å². The molecule has 32 heavy (non-hydrogen) atoms. The van der Waals surface area contributed by atoms with Gasteiger partial charge in [-0.2, -0.15) is 95.6 Å². The van der Waals surface area contributed by atoms with Crippen molar-refractivity contribution >= 4 is 47.0 Å². The van der Waals surface area contributed by atoms with Crippen molar-refractivity contribution in [3.8, 4) is 0 Å². The van der Waals surface area contributed by atoms with Crippen LogP contribution in [-0.4, -0.2) is 23.0 Å². The first-order valence-electron chi connectivity index (χ1n) is 10.3. The number of rotatable bonds is 12. The molecular formula is C26H28Fe2S4. The summed E-state index contributed by atoms with van der Waals surface area (Å²) in [6.45, 7) is 0. The van der Waals surface area contributed by atoms with Gasteiger partial charge in [-0.3, -0.25) is 0 Å². The normalized spacial score (nSPS) is 10.0. The zero-order valence-electron chi connectivity index (χ0n) is 17.8. The van der Waals surface area contributed by atoms with Crippen molar-refractivity contribution in [2.24, 2.45) is 0 Å². The van der Waals surface area contributed by atoms with Gasteiger partial charge in [0.1, 0.15) is 0 Å². The average Bonchev–Trinajstić information content (AvgIpc) is 3.58. The van der Waals surface area contributed by atoms with Crippen LogP contribution < -0.4 is 0 Å². The third-order valence-electron chi connectivity index (χ3n) is 4.18. The van der Waals surface area contributed by atoms with Gasteiger partial charge in [-0.15, -0.1) is 19.6 Å². The minimum absolute atomic E-state index is 0. The Bertz CT molecular complexity index is 704. The summed E-state index contributed by atoms with van der Waals surface area (Å²) in [5.41, 5.74) is 0. The number of hydrogen-bond acceptors (Lipinski definition) is 4. The van der Waals surface area contributed by atoms with Crippen LogP contribution in [0.1, 0.15) is 12.8 Å². The van der Waals surface area contributed by atoms with E-state index in [1.54, 1.807) is 0 Å². The van der Waals surface area contributed by atoms with E-state index >= 15 is 0 Å². The molecule has 0 aliphatic carbocycles. The van der Waals surface area contributed by atoms with E-state index in [4.69, 9.17) is 0 Å². The van der Waals surface area contributed by atoms with Gasteiger partial charge in [0.25, 0.3) is 0 Å². The topological polar surface area (TPSA) is 0 Å². The molecule has 4 rings (SSSR count). The van der Waals surface area contributed by atoms with Crippen molar-refractivity contribution in [1.29, 1.82) is 0 Å². The fraction of sp³-hybridized carbons (Fsp3) is 0.231. The molecule has 0 radical (unpaired) electrons. The van der Waals surface area contributed by atoms with E-state index in [9.17, 15) is 0 Å². The maximum atomic E-state index is 2.18. The molecule has 0 heterocycles. The van der Waals surface area contributed by atoms with Crippen LogP contribution in [0.5, 0.6) is 0 Å². The summed E-state index contributed by atoms with van der Waals surface area (Å²) in [6.07, 6.45) is 2.54. The second-order valence-corrected chi connectivity index (χ2v) is 11.3. The Morgan fingerprint density at radius 3 is 0.875 bits per heavy atom. The Balaban J connectivity index is 0.000000301. The smallest absolute Gasteiger partial charge is 0.213 e.